The zero-order valence-electron chi connectivity index (χ0n) is 12.5. The number of hydrogen-bond donors (Lipinski definition) is 9. The summed E-state index contributed by atoms with van der Waals surface area (Å²) < 4.78 is 10.6. The summed E-state index contributed by atoms with van der Waals surface area (Å²) in [6, 6.07) is -2.28. The molecular formula is C12H27N3O8. The first-order chi connectivity index (χ1) is 10.8. The maximum absolute atomic E-state index is 9.97. The average molecular weight is 341 g/mol. The highest BCUT2D eigenvalue weighted by atomic mass is 16.7. The lowest BCUT2D eigenvalue weighted by Crippen LogP contribution is -2.65. The predicted octanol–water partition coefficient (Wildman–Crippen LogP) is -5.86. The SMILES string of the molecule is NCC(O)C(OC1OC(CO)C(N)C(O)C1O)C(N)C(O)CO. The molecule has 1 heterocycles. The fourth-order valence-electron chi connectivity index (χ4n) is 2.30. The van der Waals surface area contributed by atoms with E-state index in [0.717, 1.165) is 0 Å². The monoisotopic (exact) mass is 341 g/mol. The van der Waals surface area contributed by atoms with Crippen LogP contribution in [0.3, 0.4) is 0 Å². The van der Waals surface area contributed by atoms with Crippen LogP contribution in [0.4, 0.5) is 0 Å². The van der Waals surface area contributed by atoms with E-state index in [1.54, 1.807) is 0 Å². The first-order valence-corrected chi connectivity index (χ1v) is 7.24. The molecule has 12 N–H and O–H groups in total. The van der Waals surface area contributed by atoms with Gasteiger partial charge in [0, 0.05) is 6.54 Å². The molecule has 1 fully saturated rings. The average Bonchev–Trinajstić information content (AvgIpc) is 2.57. The van der Waals surface area contributed by atoms with E-state index in [9.17, 15) is 25.5 Å². The van der Waals surface area contributed by atoms with Crippen molar-refractivity contribution in [1.29, 1.82) is 0 Å². The molecule has 0 bridgehead atoms. The van der Waals surface area contributed by atoms with E-state index in [1.807, 2.05) is 0 Å². The van der Waals surface area contributed by atoms with Crippen molar-refractivity contribution >= 4 is 0 Å². The van der Waals surface area contributed by atoms with Gasteiger partial charge < -0.3 is 57.3 Å². The summed E-state index contributed by atoms with van der Waals surface area (Å²) in [5, 5.41) is 57.5. The van der Waals surface area contributed by atoms with Gasteiger partial charge in [-0.1, -0.05) is 0 Å². The van der Waals surface area contributed by atoms with Crippen molar-refractivity contribution in [3.63, 3.8) is 0 Å². The van der Waals surface area contributed by atoms with Gasteiger partial charge in [0.1, 0.15) is 24.4 Å². The van der Waals surface area contributed by atoms with Crippen LogP contribution in [0.25, 0.3) is 0 Å². The fraction of sp³-hybridized carbons (Fsp3) is 1.00. The van der Waals surface area contributed by atoms with Crippen molar-refractivity contribution in [3.05, 3.63) is 0 Å². The second-order valence-electron chi connectivity index (χ2n) is 5.52. The first-order valence-electron chi connectivity index (χ1n) is 7.24. The first kappa shape index (κ1) is 20.6. The Balaban J connectivity index is 2.89. The molecule has 0 aromatic heterocycles. The number of aliphatic hydroxyl groups is 6. The van der Waals surface area contributed by atoms with E-state index < -0.39 is 68.2 Å². The van der Waals surface area contributed by atoms with Gasteiger partial charge in [0.25, 0.3) is 0 Å². The molecule has 0 saturated carbocycles. The molecule has 1 aliphatic rings. The van der Waals surface area contributed by atoms with Crippen LogP contribution in [-0.2, 0) is 9.47 Å². The Kier molecular flexibility index (Phi) is 8.20. The van der Waals surface area contributed by atoms with E-state index in [0.29, 0.717) is 0 Å². The smallest absolute Gasteiger partial charge is 0.187 e. The Labute approximate surface area is 133 Å². The Bertz CT molecular complexity index is 350. The van der Waals surface area contributed by atoms with Gasteiger partial charge in [-0.25, -0.2) is 0 Å². The van der Waals surface area contributed by atoms with Gasteiger partial charge in [0.05, 0.1) is 37.5 Å². The summed E-state index contributed by atoms with van der Waals surface area (Å²) in [4.78, 5) is 0. The van der Waals surface area contributed by atoms with Crippen molar-refractivity contribution in [2.24, 2.45) is 17.2 Å². The minimum atomic E-state index is -1.57. The zero-order valence-corrected chi connectivity index (χ0v) is 12.5. The normalized spacial score (nSPS) is 37.2. The third-order valence-electron chi connectivity index (χ3n) is 3.86. The summed E-state index contributed by atoms with van der Waals surface area (Å²) in [6.45, 7) is -1.48. The third-order valence-corrected chi connectivity index (χ3v) is 3.86. The van der Waals surface area contributed by atoms with Crippen molar-refractivity contribution < 1.29 is 40.1 Å². The summed E-state index contributed by atoms with van der Waals surface area (Å²) in [5.41, 5.74) is 16.7. The Morgan fingerprint density at radius 1 is 1.09 bits per heavy atom. The van der Waals surface area contributed by atoms with Crippen LogP contribution in [0, 0.1) is 0 Å². The van der Waals surface area contributed by atoms with Crippen molar-refractivity contribution in [2.45, 2.75) is 55.0 Å². The molecule has 0 aliphatic carbocycles. The molecule has 0 aromatic carbocycles. The van der Waals surface area contributed by atoms with Gasteiger partial charge in [-0.3, -0.25) is 0 Å². The van der Waals surface area contributed by atoms with Gasteiger partial charge in [-0.15, -0.1) is 0 Å². The van der Waals surface area contributed by atoms with Gasteiger partial charge in [-0.2, -0.15) is 0 Å². The zero-order chi connectivity index (χ0) is 17.7. The molecule has 1 aliphatic heterocycles. The molecule has 23 heavy (non-hydrogen) atoms. The molecule has 0 aromatic rings. The van der Waals surface area contributed by atoms with Gasteiger partial charge in [-0.05, 0) is 0 Å². The molecule has 0 radical (unpaired) electrons. The van der Waals surface area contributed by atoms with Crippen LogP contribution >= 0.6 is 0 Å². The number of ether oxygens (including phenoxy) is 2. The highest BCUT2D eigenvalue weighted by Gasteiger charge is 2.45. The number of rotatable bonds is 8. The molecule has 1 saturated heterocycles. The van der Waals surface area contributed by atoms with Crippen LogP contribution in [0.1, 0.15) is 0 Å². The van der Waals surface area contributed by atoms with Crippen LogP contribution in [0.2, 0.25) is 0 Å². The second-order valence-corrected chi connectivity index (χ2v) is 5.52. The number of nitrogens with two attached hydrogens (primary N) is 3. The maximum atomic E-state index is 9.97. The summed E-state index contributed by atoms with van der Waals surface area (Å²) in [5.74, 6) is 0. The van der Waals surface area contributed by atoms with Crippen LogP contribution in [0.5, 0.6) is 0 Å². The Morgan fingerprint density at radius 2 is 1.70 bits per heavy atom. The van der Waals surface area contributed by atoms with E-state index in [4.69, 9.17) is 31.8 Å². The summed E-state index contributed by atoms with van der Waals surface area (Å²) in [6.07, 6.45) is -9.54. The molecule has 0 spiro atoms. The highest BCUT2D eigenvalue weighted by molar-refractivity contribution is 4.94. The lowest BCUT2D eigenvalue weighted by molar-refractivity contribution is -0.300. The predicted molar refractivity (Wildman–Crippen MR) is 76.7 cm³/mol. The molecule has 9 atom stereocenters. The topological polar surface area (TPSA) is 218 Å². The lowest BCUT2D eigenvalue weighted by Gasteiger charge is -2.43. The van der Waals surface area contributed by atoms with Crippen LogP contribution in [-0.4, -0.2) is 105 Å². The van der Waals surface area contributed by atoms with Crippen molar-refractivity contribution in [1.82, 2.24) is 0 Å². The van der Waals surface area contributed by atoms with Crippen LogP contribution in [0.15, 0.2) is 0 Å². The van der Waals surface area contributed by atoms with E-state index in [2.05, 4.69) is 0 Å². The number of aliphatic hydroxyl groups excluding tert-OH is 6. The van der Waals surface area contributed by atoms with Gasteiger partial charge in [0.2, 0.25) is 0 Å². The summed E-state index contributed by atoms with van der Waals surface area (Å²) in [7, 11) is 0. The fourth-order valence-corrected chi connectivity index (χ4v) is 2.30. The van der Waals surface area contributed by atoms with Gasteiger partial charge in [0.15, 0.2) is 6.29 Å². The Morgan fingerprint density at radius 3 is 2.17 bits per heavy atom. The second kappa shape index (κ2) is 9.15. The minimum Gasteiger partial charge on any atom is -0.394 e. The van der Waals surface area contributed by atoms with E-state index in [1.165, 1.54) is 0 Å². The Hall–Kier alpha value is -0.440. The van der Waals surface area contributed by atoms with E-state index in [-0.39, 0.29) is 6.54 Å². The molecule has 1 rings (SSSR count). The molecule has 0 amide bonds. The molecule has 11 heteroatoms. The largest absolute Gasteiger partial charge is 0.394 e. The van der Waals surface area contributed by atoms with Crippen molar-refractivity contribution in [2.75, 3.05) is 19.8 Å². The quantitative estimate of drug-likeness (QED) is 0.202. The molecule has 138 valence electrons. The molecular weight excluding hydrogens is 314 g/mol. The highest BCUT2D eigenvalue weighted by Crippen LogP contribution is 2.23. The van der Waals surface area contributed by atoms with Gasteiger partial charge >= 0.3 is 0 Å². The molecule has 9 unspecified atom stereocenters. The standard InChI is InChI=1S/C12H27N3O8/c13-1-4(18)11(7(14)5(19)2-16)23-12-10(21)9(20)8(15)6(3-17)22-12/h4-12,16-21H,1-3,13-15H2. The summed E-state index contributed by atoms with van der Waals surface area (Å²) >= 11 is 0. The van der Waals surface area contributed by atoms with Crippen molar-refractivity contribution in [3.8, 4) is 0 Å². The van der Waals surface area contributed by atoms with Crippen LogP contribution < -0.4 is 17.2 Å². The third kappa shape index (κ3) is 4.78. The van der Waals surface area contributed by atoms with E-state index >= 15 is 0 Å². The number of hydrogen-bond acceptors (Lipinski definition) is 11. The maximum Gasteiger partial charge on any atom is 0.187 e. The lowest BCUT2D eigenvalue weighted by atomic mass is 9.96. The molecule has 11 nitrogen and oxygen atoms in total. The minimum absolute atomic E-state index is 0.273.